The van der Waals surface area contributed by atoms with Crippen molar-refractivity contribution >= 4 is 33.3 Å². The fraction of sp³-hybridized carbons (Fsp3) is 0.0476. The number of carbonyl (C=O) groups is 1. The molecule has 0 atom stereocenters. The monoisotopic (exact) mass is 330 g/mol. The van der Waals surface area contributed by atoms with Gasteiger partial charge in [-0.25, -0.2) is 4.39 Å². The molecule has 0 unspecified atom stereocenters. The van der Waals surface area contributed by atoms with Crippen LogP contribution >= 0.6 is 0 Å². The van der Waals surface area contributed by atoms with Crippen molar-refractivity contribution in [3.8, 4) is 0 Å². The summed E-state index contributed by atoms with van der Waals surface area (Å²) in [4.78, 5) is 17.1. The van der Waals surface area contributed by atoms with Crippen molar-refractivity contribution in [2.45, 2.75) is 6.92 Å². The van der Waals surface area contributed by atoms with E-state index in [1.807, 2.05) is 42.5 Å². The quantitative estimate of drug-likeness (QED) is 0.556. The Morgan fingerprint density at radius 1 is 0.920 bits per heavy atom. The van der Waals surface area contributed by atoms with E-state index in [9.17, 15) is 9.18 Å². The molecule has 1 aromatic heterocycles. The van der Waals surface area contributed by atoms with Crippen LogP contribution < -0.4 is 5.32 Å². The Hall–Kier alpha value is -3.27. The van der Waals surface area contributed by atoms with E-state index >= 15 is 0 Å². The number of nitrogens with one attached hydrogen (secondary N) is 1. The predicted octanol–water partition coefficient (Wildman–Crippen LogP) is 5.09. The zero-order valence-corrected chi connectivity index (χ0v) is 13.6. The average molecular weight is 330 g/mol. The van der Waals surface area contributed by atoms with Gasteiger partial charge in [-0.1, -0.05) is 30.3 Å². The van der Waals surface area contributed by atoms with Crippen molar-refractivity contribution in [1.82, 2.24) is 4.98 Å². The lowest BCUT2D eigenvalue weighted by atomic mass is 10.1. The second-order valence-electron chi connectivity index (χ2n) is 5.97. The van der Waals surface area contributed by atoms with Crippen LogP contribution in [0.1, 0.15) is 16.1 Å². The van der Waals surface area contributed by atoms with Crippen LogP contribution in [-0.4, -0.2) is 10.9 Å². The topological polar surface area (TPSA) is 42.0 Å². The van der Waals surface area contributed by atoms with E-state index in [2.05, 4.69) is 10.3 Å². The molecule has 0 spiro atoms. The Morgan fingerprint density at radius 3 is 2.56 bits per heavy atom. The summed E-state index contributed by atoms with van der Waals surface area (Å²) in [5, 5.41) is 5.67. The molecular weight excluding hydrogens is 315 g/mol. The van der Waals surface area contributed by atoms with Gasteiger partial charge in [0.25, 0.3) is 5.91 Å². The molecule has 25 heavy (non-hydrogen) atoms. The molecule has 1 heterocycles. The van der Waals surface area contributed by atoms with Gasteiger partial charge in [0.15, 0.2) is 0 Å². The van der Waals surface area contributed by atoms with Gasteiger partial charge in [0.1, 0.15) is 5.82 Å². The van der Waals surface area contributed by atoms with Gasteiger partial charge in [-0.15, -0.1) is 0 Å². The smallest absolute Gasteiger partial charge is 0.257 e. The van der Waals surface area contributed by atoms with E-state index in [-0.39, 0.29) is 11.7 Å². The highest BCUT2D eigenvalue weighted by molar-refractivity contribution is 6.07. The molecule has 0 aliphatic heterocycles. The maximum Gasteiger partial charge on any atom is 0.257 e. The number of hydrogen-bond acceptors (Lipinski definition) is 2. The van der Waals surface area contributed by atoms with Crippen LogP contribution in [0.25, 0.3) is 21.7 Å². The first kappa shape index (κ1) is 15.3. The third-order valence-electron chi connectivity index (χ3n) is 4.22. The van der Waals surface area contributed by atoms with Gasteiger partial charge in [0, 0.05) is 11.1 Å². The van der Waals surface area contributed by atoms with Crippen LogP contribution in [0.15, 0.2) is 66.7 Å². The fourth-order valence-electron chi connectivity index (χ4n) is 2.94. The Morgan fingerprint density at radius 2 is 1.72 bits per heavy atom. The normalized spacial score (nSPS) is 11.0. The molecule has 0 fully saturated rings. The van der Waals surface area contributed by atoms with Crippen molar-refractivity contribution in [2.24, 2.45) is 0 Å². The Kier molecular flexibility index (Phi) is 3.65. The molecule has 0 saturated carbocycles. The lowest BCUT2D eigenvalue weighted by molar-refractivity contribution is 0.102. The van der Waals surface area contributed by atoms with Gasteiger partial charge in [-0.3, -0.25) is 9.78 Å². The number of pyridine rings is 1. The minimum atomic E-state index is -0.348. The molecule has 1 N–H and O–H groups in total. The molecule has 3 aromatic carbocycles. The number of halogens is 1. The van der Waals surface area contributed by atoms with Crippen LogP contribution in [0.3, 0.4) is 0 Å². The van der Waals surface area contributed by atoms with E-state index in [4.69, 9.17) is 0 Å². The molecule has 122 valence electrons. The van der Waals surface area contributed by atoms with Gasteiger partial charge in [-0.05, 0) is 54.1 Å². The van der Waals surface area contributed by atoms with Crippen LogP contribution in [0, 0.1) is 12.7 Å². The third kappa shape index (κ3) is 2.94. The number of hydrogen-bond donors (Lipinski definition) is 1. The highest BCUT2D eigenvalue weighted by Crippen LogP contribution is 2.21. The number of rotatable bonds is 2. The van der Waals surface area contributed by atoms with E-state index in [0.717, 1.165) is 10.8 Å². The summed E-state index contributed by atoms with van der Waals surface area (Å²) in [6.07, 6.45) is 0. The molecule has 4 rings (SSSR count). The molecule has 0 bridgehead atoms. The molecule has 1 amide bonds. The summed E-state index contributed by atoms with van der Waals surface area (Å²) in [5.41, 5.74) is 2.42. The van der Waals surface area contributed by atoms with Crippen molar-refractivity contribution in [1.29, 1.82) is 0 Å². The Bertz CT molecular complexity index is 1120. The average Bonchev–Trinajstić information content (AvgIpc) is 2.61. The van der Waals surface area contributed by atoms with E-state index in [1.165, 1.54) is 12.1 Å². The maximum atomic E-state index is 13.4. The van der Waals surface area contributed by atoms with Crippen LogP contribution in [0.2, 0.25) is 0 Å². The second-order valence-corrected chi connectivity index (χ2v) is 5.97. The zero-order chi connectivity index (χ0) is 17.4. The maximum absolute atomic E-state index is 13.4. The molecule has 0 radical (unpaired) electrons. The highest BCUT2D eigenvalue weighted by Gasteiger charge is 2.12. The standard InChI is InChI=1S/C21H15FN2O/c1-13-19(12-16-10-17(22)7-9-20(16)23-13)21(25)24-18-8-6-14-4-2-3-5-15(14)11-18/h2-12H,1H3,(H,24,25). The van der Waals surface area contributed by atoms with E-state index in [0.29, 0.717) is 27.8 Å². The number of carbonyl (C=O) groups excluding carboxylic acids is 1. The number of nitrogens with zero attached hydrogens (tertiary/aromatic N) is 1. The van der Waals surface area contributed by atoms with Crippen molar-refractivity contribution in [3.63, 3.8) is 0 Å². The third-order valence-corrected chi connectivity index (χ3v) is 4.22. The summed E-state index contributed by atoms with van der Waals surface area (Å²) in [6.45, 7) is 1.78. The van der Waals surface area contributed by atoms with Crippen molar-refractivity contribution in [3.05, 3.63) is 83.8 Å². The molecule has 3 nitrogen and oxygen atoms in total. The highest BCUT2D eigenvalue weighted by atomic mass is 19.1. The summed E-state index contributed by atoms with van der Waals surface area (Å²) < 4.78 is 13.4. The molecule has 0 aliphatic rings. The number of fused-ring (bicyclic) bond motifs is 2. The summed E-state index contributed by atoms with van der Waals surface area (Å²) in [6, 6.07) is 19.7. The first-order valence-electron chi connectivity index (χ1n) is 7.97. The predicted molar refractivity (Wildman–Crippen MR) is 98.3 cm³/mol. The van der Waals surface area contributed by atoms with E-state index < -0.39 is 0 Å². The summed E-state index contributed by atoms with van der Waals surface area (Å²) in [5.74, 6) is -0.606. The number of aryl methyl sites for hydroxylation is 1. The zero-order valence-electron chi connectivity index (χ0n) is 13.6. The van der Waals surface area contributed by atoms with Crippen LogP contribution in [-0.2, 0) is 0 Å². The van der Waals surface area contributed by atoms with Gasteiger partial charge in [0.05, 0.1) is 16.8 Å². The molecule has 0 aliphatic carbocycles. The SMILES string of the molecule is Cc1nc2ccc(F)cc2cc1C(=O)Nc1ccc2ccccc2c1. The lowest BCUT2D eigenvalue weighted by Gasteiger charge is -2.10. The van der Waals surface area contributed by atoms with Crippen LogP contribution in [0.4, 0.5) is 10.1 Å². The minimum absolute atomic E-state index is 0.258. The minimum Gasteiger partial charge on any atom is -0.322 e. The first-order chi connectivity index (χ1) is 12.1. The number of aromatic nitrogens is 1. The Labute approximate surface area is 144 Å². The van der Waals surface area contributed by atoms with Gasteiger partial charge in [0.2, 0.25) is 0 Å². The molecule has 0 saturated heterocycles. The molecule has 4 aromatic rings. The second kappa shape index (κ2) is 5.98. The largest absolute Gasteiger partial charge is 0.322 e. The van der Waals surface area contributed by atoms with Gasteiger partial charge >= 0.3 is 0 Å². The Balaban J connectivity index is 1.69. The van der Waals surface area contributed by atoms with Gasteiger partial charge in [-0.2, -0.15) is 0 Å². The number of amides is 1. The summed E-state index contributed by atoms with van der Waals surface area (Å²) in [7, 11) is 0. The fourth-order valence-corrected chi connectivity index (χ4v) is 2.94. The summed E-state index contributed by atoms with van der Waals surface area (Å²) >= 11 is 0. The first-order valence-corrected chi connectivity index (χ1v) is 7.97. The molecular formula is C21H15FN2O. The molecule has 4 heteroatoms. The van der Waals surface area contributed by atoms with E-state index in [1.54, 1.807) is 19.1 Å². The van der Waals surface area contributed by atoms with Gasteiger partial charge < -0.3 is 5.32 Å². The van der Waals surface area contributed by atoms with Crippen LogP contribution in [0.5, 0.6) is 0 Å². The lowest BCUT2D eigenvalue weighted by Crippen LogP contribution is -2.14. The number of benzene rings is 3. The van der Waals surface area contributed by atoms with Crippen molar-refractivity contribution < 1.29 is 9.18 Å². The van der Waals surface area contributed by atoms with Crippen molar-refractivity contribution in [2.75, 3.05) is 5.32 Å². The number of anilines is 1.